The van der Waals surface area contributed by atoms with Gasteiger partial charge >= 0.3 is 0 Å². The van der Waals surface area contributed by atoms with E-state index in [1.54, 1.807) is 0 Å². The summed E-state index contributed by atoms with van der Waals surface area (Å²) in [6, 6.07) is 12.1. The zero-order valence-corrected chi connectivity index (χ0v) is 20.5. The minimum Gasteiger partial charge on any atom is -0.379 e. The fraction of sp³-hybridized carbons (Fsp3) is 0.682. The number of aliphatic imine (C=N–C) groups is 1. The molecule has 2 saturated heterocycles. The Bertz CT molecular complexity index is 614. The number of likely N-dealkylation sites (tertiary alicyclic amines) is 1. The van der Waals surface area contributed by atoms with E-state index in [1.165, 1.54) is 24.9 Å². The van der Waals surface area contributed by atoms with Gasteiger partial charge in [0.1, 0.15) is 0 Å². The first kappa shape index (κ1) is 24.4. The van der Waals surface area contributed by atoms with Gasteiger partial charge < -0.3 is 15.4 Å². The largest absolute Gasteiger partial charge is 0.379 e. The van der Waals surface area contributed by atoms with E-state index in [0.717, 1.165) is 45.4 Å². The van der Waals surface area contributed by atoms with E-state index >= 15 is 0 Å². The van der Waals surface area contributed by atoms with Crippen molar-refractivity contribution < 1.29 is 4.74 Å². The van der Waals surface area contributed by atoms with Crippen molar-refractivity contribution in [2.24, 2.45) is 4.99 Å². The highest BCUT2D eigenvalue weighted by Crippen LogP contribution is 2.14. The van der Waals surface area contributed by atoms with Gasteiger partial charge in [-0.05, 0) is 38.8 Å². The Morgan fingerprint density at radius 3 is 2.79 bits per heavy atom. The number of rotatable bonds is 6. The average molecular weight is 515 g/mol. The van der Waals surface area contributed by atoms with Gasteiger partial charge in [0.05, 0.1) is 13.2 Å². The minimum atomic E-state index is 0. The fourth-order valence-electron chi connectivity index (χ4n) is 4.30. The molecule has 0 bridgehead atoms. The number of piperidine rings is 1. The van der Waals surface area contributed by atoms with Gasteiger partial charge in [0.15, 0.2) is 5.96 Å². The van der Waals surface area contributed by atoms with Crippen LogP contribution in [0, 0.1) is 0 Å². The first-order chi connectivity index (χ1) is 13.7. The van der Waals surface area contributed by atoms with Crippen LogP contribution in [0.1, 0.15) is 32.3 Å². The number of nitrogens with one attached hydrogen (secondary N) is 2. The number of ether oxygens (including phenoxy) is 1. The second kappa shape index (κ2) is 12.7. The summed E-state index contributed by atoms with van der Waals surface area (Å²) in [5.74, 6) is 0.916. The molecule has 0 aliphatic carbocycles. The van der Waals surface area contributed by atoms with Gasteiger partial charge in [0.25, 0.3) is 0 Å². The molecular formula is C22H38IN5O. The zero-order valence-electron chi connectivity index (χ0n) is 18.1. The standard InChI is InChI=1S/C22H37N5O.HI/c1-18(27-12-13-28-17-19(27)2)14-24-22(23-3)25-21-10-7-11-26(16-21)15-20-8-5-4-6-9-20;/h4-6,8-9,18-19,21H,7,10-17H2,1-3H3,(H2,23,24,25);1H. The summed E-state index contributed by atoms with van der Waals surface area (Å²) in [6.07, 6.45) is 2.42. The number of halogens is 1. The van der Waals surface area contributed by atoms with Crippen molar-refractivity contribution in [3.63, 3.8) is 0 Å². The highest BCUT2D eigenvalue weighted by Gasteiger charge is 2.24. The highest BCUT2D eigenvalue weighted by atomic mass is 127. The molecule has 3 atom stereocenters. The molecule has 2 N–H and O–H groups in total. The maximum atomic E-state index is 5.56. The zero-order chi connectivity index (χ0) is 19.8. The molecule has 0 aromatic heterocycles. The van der Waals surface area contributed by atoms with E-state index in [4.69, 9.17) is 4.74 Å². The van der Waals surface area contributed by atoms with Crippen molar-refractivity contribution in [1.82, 2.24) is 20.4 Å². The molecule has 29 heavy (non-hydrogen) atoms. The Labute approximate surface area is 193 Å². The maximum Gasteiger partial charge on any atom is 0.191 e. The average Bonchev–Trinajstić information content (AvgIpc) is 2.72. The van der Waals surface area contributed by atoms with Crippen LogP contribution in [0.5, 0.6) is 0 Å². The number of nitrogens with zero attached hydrogens (tertiary/aromatic N) is 3. The van der Waals surface area contributed by atoms with Gasteiger partial charge in [0, 0.05) is 51.4 Å². The SMILES string of the molecule is CN=C(NCC(C)N1CCOCC1C)NC1CCCN(Cc2ccccc2)C1.I. The summed E-state index contributed by atoms with van der Waals surface area (Å²) in [4.78, 5) is 9.52. The quantitative estimate of drug-likeness (QED) is 0.347. The lowest BCUT2D eigenvalue weighted by atomic mass is 10.0. The van der Waals surface area contributed by atoms with Gasteiger partial charge in [-0.2, -0.15) is 0 Å². The second-order valence-electron chi connectivity index (χ2n) is 8.17. The summed E-state index contributed by atoms with van der Waals surface area (Å²) >= 11 is 0. The van der Waals surface area contributed by atoms with Gasteiger partial charge in [-0.1, -0.05) is 30.3 Å². The minimum absolute atomic E-state index is 0. The summed E-state index contributed by atoms with van der Waals surface area (Å²) in [5, 5.41) is 7.18. The molecule has 3 rings (SSSR count). The lowest BCUT2D eigenvalue weighted by Gasteiger charge is -2.38. The molecule has 0 spiro atoms. The van der Waals surface area contributed by atoms with Crippen LogP contribution >= 0.6 is 24.0 Å². The van der Waals surface area contributed by atoms with Crippen LogP contribution in [0.3, 0.4) is 0 Å². The lowest BCUT2D eigenvalue weighted by molar-refractivity contribution is -0.0174. The van der Waals surface area contributed by atoms with E-state index < -0.39 is 0 Å². The summed E-state index contributed by atoms with van der Waals surface area (Å²) < 4.78 is 5.56. The third kappa shape index (κ3) is 7.70. The van der Waals surface area contributed by atoms with Gasteiger partial charge in [-0.3, -0.25) is 14.8 Å². The Kier molecular flexibility index (Phi) is 10.7. The van der Waals surface area contributed by atoms with Crippen molar-refractivity contribution >= 4 is 29.9 Å². The van der Waals surface area contributed by atoms with E-state index in [1.807, 2.05) is 7.05 Å². The molecule has 2 fully saturated rings. The summed E-state index contributed by atoms with van der Waals surface area (Å²) in [6.45, 7) is 11.3. The van der Waals surface area contributed by atoms with Crippen molar-refractivity contribution in [1.29, 1.82) is 0 Å². The second-order valence-corrected chi connectivity index (χ2v) is 8.17. The smallest absolute Gasteiger partial charge is 0.191 e. The molecule has 2 aliphatic heterocycles. The summed E-state index contributed by atoms with van der Waals surface area (Å²) in [5.41, 5.74) is 1.39. The predicted molar refractivity (Wildman–Crippen MR) is 131 cm³/mol. The van der Waals surface area contributed by atoms with Crippen molar-refractivity contribution in [3.05, 3.63) is 35.9 Å². The van der Waals surface area contributed by atoms with Crippen LogP contribution < -0.4 is 10.6 Å². The van der Waals surface area contributed by atoms with Gasteiger partial charge in [-0.15, -0.1) is 24.0 Å². The molecule has 0 radical (unpaired) electrons. The Morgan fingerprint density at radius 1 is 1.28 bits per heavy atom. The van der Waals surface area contributed by atoms with Crippen LogP contribution in [-0.4, -0.2) is 80.3 Å². The molecule has 2 heterocycles. The van der Waals surface area contributed by atoms with Crippen LogP contribution in [0.2, 0.25) is 0 Å². The van der Waals surface area contributed by atoms with Crippen molar-refractivity contribution in [2.45, 2.75) is 51.4 Å². The number of benzene rings is 1. The van der Waals surface area contributed by atoms with E-state index in [9.17, 15) is 0 Å². The van der Waals surface area contributed by atoms with Crippen LogP contribution in [-0.2, 0) is 11.3 Å². The van der Waals surface area contributed by atoms with Crippen molar-refractivity contribution in [3.8, 4) is 0 Å². The number of guanidine groups is 1. The molecule has 2 aliphatic rings. The molecule has 1 aromatic rings. The molecule has 0 amide bonds. The first-order valence-corrected chi connectivity index (χ1v) is 10.7. The Balaban J connectivity index is 0.00000300. The topological polar surface area (TPSA) is 52.1 Å². The third-order valence-electron chi connectivity index (χ3n) is 5.87. The predicted octanol–water partition coefficient (Wildman–Crippen LogP) is 2.54. The van der Waals surface area contributed by atoms with Crippen LogP contribution in [0.25, 0.3) is 0 Å². The van der Waals surface area contributed by atoms with E-state index in [2.05, 4.69) is 69.6 Å². The maximum absolute atomic E-state index is 5.56. The molecule has 0 saturated carbocycles. The molecule has 3 unspecified atom stereocenters. The van der Waals surface area contributed by atoms with Gasteiger partial charge in [0.2, 0.25) is 0 Å². The van der Waals surface area contributed by atoms with Crippen LogP contribution in [0.15, 0.2) is 35.3 Å². The third-order valence-corrected chi connectivity index (χ3v) is 5.87. The number of hydrogen-bond donors (Lipinski definition) is 2. The van der Waals surface area contributed by atoms with E-state index in [0.29, 0.717) is 18.1 Å². The summed E-state index contributed by atoms with van der Waals surface area (Å²) in [7, 11) is 1.86. The lowest BCUT2D eigenvalue weighted by Crippen LogP contribution is -2.55. The normalized spacial score (nSPS) is 25.1. The first-order valence-electron chi connectivity index (χ1n) is 10.7. The Morgan fingerprint density at radius 2 is 2.07 bits per heavy atom. The Hall–Kier alpha value is -0.900. The highest BCUT2D eigenvalue weighted by molar-refractivity contribution is 14.0. The van der Waals surface area contributed by atoms with Gasteiger partial charge in [-0.25, -0.2) is 0 Å². The van der Waals surface area contributed by atoms with Crippen molar-refractivity contribution in [2.75, 3.05) is 46.4 Å². The molecule has 1 aromatic carbocycles. The number of hydrogen-bond acceptors (Lipinski definition) is 4. The molecular weight excluding hydrogens is 477 g/mol. The fourth-order valence-corrected chi connectivity index (χ4v) is 4.30. The number of morpholine rings is 1. The monoisotopic (exact) mass is 515 g/mol. The molecule has 164 valence electrons. The molecule has 6 nitrogen and oxygen atoms in total. The molecule has 7 heteroatoms. The van der Waals surface area contributed by atoms with Crippen LogP contribution in [0.4, 0.5) is 0 Å². The van der Waals surface area contributed by atoms with E-state index in [-0.39, 0.29) is 24.0 Å².